The van der Waals surface area contributed by atoms with Crippen LogP contribution in [0.3, 0.4) is 0 Å². The maximum atomic E-state index is 11.1. The van der Waals surface area contributed by atoms with Gasteiger partial charge in [-0.15, -0.1) is 0 Å². The minimum absolute atomic E-state index is 0.267. The molecular formula is C9H16O4S. The molecule has 0 radical (unpaired) electrons. The molecule has 2 atom stereocenters. The molecule has 0 aliphatic carbocycles. The third-order valence-electron chi connectivity index (χ3n) is 1.80. The van der Waals surface area contributed by atoms with Gasteiger partial charge in [0.25, 0.3) is 0 Å². The number of carbonyl (C=O) groups is 2. The van der Waals surface area contributed by atoms with Crippen LogP contribution >= 0.6 is 11.8 Å². The van der Waals surface area contributed by atoms with Crippen LogP contribution in [0.15, 0.2) is 0 Å². The number of hydrogen-bond donors (Lipinski definition) is 1. The minimum atomic E-state index is -0.895. The van der Waals surface area contributed by atoms with Crippen LogP contribution in [0.2, 0.25) is 0 Å². The summed E-state index contributed by atoms with van der Waals surface area (Å²) in [5.41, 5.74) is 0. The third-order valence-corrected chi connectivity index (χ3v) is 2.89. The Morgan fingerprint density at radius 1 is 1.43 bits per heavy atom. The summed E-state index contributed by atoms with van der Waals surface area (Å²) in [5, 5.41) is 8.01. The van der Waals surface area contributed by atoms with Gasteiger partial charge in [0.15, 0.2) is 0 Å². The first-order chi connectivity index (χ1) is 6.49. The summed E-state index contributed by atoms with van der Waals surface area (Å²) in [4.78, 5) is 21.7. The van der Waals surface area contributed by atoms with Gasteiger partial charge >= 0.3 is 11.3 Å². The van der Waals surface area contributed by atoms with Gasteiger partial charge in [-0.05, 0) is 18.2 Å². The molecule has 0 amide bonds. The second-order valence-electron chi connectivity index (χ2n) is 3.05. The number of carboxylic acid groups (broad SMARTS) is 1. The zero-order chi connectivity index (χ0) is 11.1. The maximum Gasteiger partial charge on any atom is 0.367 e. The Morgan fingerprint density at radius 3 is 2.43 bits per heavy atom. The van der Waals surface area contributed by atoms with Gasteiger partial charge in [-0.2, -0.15) is 0 Å². The standard InChI is InChI=1S/C9H16O4S/c1-4-5-13-9(12)14-7(3)6(2)8(10)11/h6-7H,4-5H2,1-3H3,(H,10,11). The van der Waals surface area contributed by atoms with Gasteiger partial charge in [-0.25, -0.2) is 4.79 Å². The molecule has 0 saturated heterocycles. The van der Waals surface area contributed by atoms with E-state index in [1.54, 1.807) is 13.8 Å². The smallest absolute Gasteiger partial charge is 0.367 e. The van der Waals surface area contributed by atoms with Crippen molar-refractivity contribution in [1.29, 1.82) is 0 Å². The predicted molar refractivity (Wildman–Crippen MR) is 55.5 cm³/mol. The molecule has 5 heteroatoms. The molecule has 0 aromatic heterocycles. The number of aliphatic carboxylic acids is 1. The summed E-state index contributed by atoms with van der Waals surface area (Å²) < 4.78 is 4.82. The van der Waals surface area contributed by atoms with E-state index in [1.807, 2.05) is 6.92 Å². The summed E-state index contributed by atoms with van der Waals surface area (Å²) in [6.07, 6.45) is 0.773. The molecule has 0 rings (SSSR count). The normalized spacial score (nSPS) is 14.5. The van der Waals surface area contributed by atoms with Crippen LogP contribution in [-0.2, 0) is 9.53 Å². The molecule has 0 aromatic rings. The van der Waals surface area contributed by atoms with Gasteiger partial charge in [0, 0.05) is 5.25 Å². The van der Waals surface area contributed by atoms with Crippen molar-refractivity contribution in [2.45, 2.75) is 32.4 Å². The van der Waals surface area contributed by atoms with Crippen molar-refractivity contribution < 1.29 is 19.4 Å². The molecule has 4 nitrogen and oxygen atoms in total. The topological polar surface area (TPSA) is 63.6 Å². The fraction of sp³-hybridized carbons (Fsp3) is 0.778. The summed E-state index contributed by atoms with van der Waals surface area (Å²) in [6.45, 7) is 5.57. The molecule has 82 valence electrons. The zero-order valence-electron chi connectivity index (χ0n) is 8.65. The molecule has 0 heterocycles. The van der Waals surface area contributed by atoms with E-state index in [9.17, 15) is 9.59 Å². The molecule has 1 N–H and O–H groups in total. The lowest BCUT2D eigenvalue weighted by atomic mass is 10.1. The Hall–Kier alpha value is -0.710. The SMILES string of the molecule is CCCOC(=O)SC(C)C(C)C(=O)O. The van der Waals surface area contributed by atoms with Crippen molar-refractivity contribution >= 4 is 23.0 Å². The lowest BCUT2D eigenvalue weighted by Crippen LogP contribution is -2.21. The first-order valence-corrected chi connectivity index (χ1v) is 5.43. The van der Waals surface area contributed by atoms with Crippen molar-refractivity contribution in [3.63, 3.8) is 0 Å². The Balaban J connectivity index is 3.86. The second kappa shape index (κ2) is 6.70. The molecule has 0 saturated carbocycles. The average Bonchev–Trinajstić information content (AvgIpc) is 2.13. The van der Waals surface area contributed by atoms with Crippen LogP contribution in [0.25, 0.3) is 0 Å². The molecule has 0 aromatic carbocycles. The van der Waals surface area contributed by atoms with E-state index in [-0.39, 0.29) is 5.25 Å². The van der Waals surface area contributed by atoms with Gasteiger partial charge < -0.3 is 9.84 Å². The Labute approximate surface area is 88.0 Å². The van der Waals surface area contributed by atoms with Gasteiger partial charge in [-0.1, -0.05) is 20.8 Å². The number of ether oxygens (including phenoxy) is 1. The van der Waals surface area contributed by atoms with Crippen molar-refractivity contribution in [2.24, 2.45) is 5.92 Å². The summed E-state index contributed by atoms with van der Waals surface area (Å²) in [6, 6.07) is 0. The molecule has 14 heavy (non-hydrogen) atoms. The number of carboxylic acids is 1. The number of thioether (sulfide) groups is 1. The highest BCUT2D eigenvalue weighted by atomic mass is 32.2. The minimum Gasteiger partial charge on any atom is -0.481 e. The zero-order valence-corrected chi connectivity index (χ0v) is 9.47. The molecule has 0 spiro atoms. The van der Waals surface area contributed by atoms with E-state index in [1.165, 1.54) is 0 Å². The highest BCUT2D eigenvalue weighted by Gasteiger charge is 2.23. The van der Waals surface area contributed by atoms with E-state index < -0.39 is 17.2 Å². The van der Waals surface area contributed by atoms with E-state index in [2.05, 4.69) is 0 Å². The van der Waals surface area contributed by atoms with Crippen molar-refractivity contribution in [2.75, 3.05) is 6.61 Å². The molecule has 0 aliphatic rings. The van der Waals surface area contributed by atoms with Crippen LogP contribution < -0.4 is 0 Å². The quantitative estimate of drug-likeness (QED) is 0.721. The van der Waals surface area contributed by atoms with E-state index >= 15 is 0 Å². The highest BCUT2D eigenvalue weighted by molar-refractivity contribution is 8.13. The van der Waals surface area contributed by atoms with E-state index in [0.29, 0.717) is 6.61 Å². The monoisotopic (exact) mass is 220 g/mol. The lowest BCUT2D eigenvalue weighted by Gasteiger charge is -2.13. The molecule has 0 fully saturated rings. The molecular weight excluding hydrogens is 204 g/mol. The lowest BCUT2D eigenvalue weighted by molar-refractivity contribution is -0.140. The van der Waals surface area contributed by atoms with Crippen molar-refractivity contribution in [1.82, 2.24) is 0 Å². The second-order valence-corrected chi connectivity index (χ2v) is 4.36. The first kappa shape index (κ1) is 13.3. The predicted octanol–water partition coefficient (Wildman–Crippen LogP) is 2.38. The average molecular weight is 220 g/mol. The maximum absolute atomic E-state index is 11.1. The van der Waals surface area contributed by atoms with Crippen molar-refractivity contribution in [3.8, 4) is 0 Å². The summed E-state index contributed by atoms with van der Waals surface area (Å²) in [7, 11) is 0. The van der Waals surface area contributed by atoms with Crippen LogP contribution in [-0.4, -0.2) is 28.2 Å². The Morgan fingerprint density at radius 2 is 2.00 bits per heavy atom. The molecule has 2 unspecified atom stereocenters. The fourth-order valence-electron chi connectivity index (χ4n) is 0.674. The fourth-order valence-corrected chi connectivity index (χ4v) is 1.45. The van der Waals surface area contributed by atoms with Gasteiger partial charge in [0.1, 0.15) is 0 Å². The van der Waals surface area contributed by atoms with Crippen LogP contribution in [0.4, 0.5) is 4.79 Å². The van der Waals surface area contributed by atoms with Crippen LogP contribution in [0.5, 0.6) is 0 Å². The third kappa shape index (κ3) is 5.11. The molecule has 0 aliphatic heterocycles. The van der Waals surface area contributed by atoms with Crippen LogP contribution in [0, 0.1) is 5.92 Å². The summed E-state index contributed by atoms with van der Waals surface area (Å²) in [5.74, 6) is -1.44. The van der Waals surface area contributed by atoms with Gasteiger partial charge in [-0.3, -0.25) is 4.79 Å². The number of rotatable bonds is 5. The van der Waals surface area contributed by atoms with Gasteiger partial charge in [0.2, 0.25) is 0 Å². The van der Waals surface area contributed by atoms with Crippen molar-refractivity contribution in [3.05, 3.63) is 0 Å². The highest BCUT2D eigenvalue weighted by Crippen LogP contribution is 2.21. The van der Waals surface area contributed by atoms with Crippen LogP contribution in [0.1, 0.15) is 27.2 Å². The molecule has 0 bridgehead atoms. The largest absolute Gasteiger partial charge is 0.481 e. The first-order valence-electron chi connectivity index (χ1n) is 4.55. The van der Waals surface area contributed by atoms with Gasteiger partial charge in [0.05, 0.1) is 12.5 Å². The van der Waals surface area contributed by atoms with E-state index in [0.717, 1.165) is 18.2 Å². The number of carbonyl (C=O) groups excluding carboxylic acids is 1. The number of hydrogen-bond acceptors (Lipinski definition) is 4. The summed E-state index contributed by atoms with van der Waals surface area (Å²) >= 11 is 0.934. The Kier molecular flexibility index (Phi) is 6.36. The Bertz CT molecular complexity index is 205. The van der Waals surface area contributed by atoms with E-state index in [4.69, 9.17) is 9.84 Å².